The van der Waals surface area contributed by atoms with E-state index in [9.17, 15) is 9.18 Å². The van der Waals surface area contributed by atoms with Gasteiger partial charge in [-0.15, -0.1) is 11.8 Å². The smallest absolute Gasteiger partial charge is 0.224 e. The van der Waals surface area contributed by atoms with E-state index in [2.05, 4.69) is 10.3 Å². The SMILES string of the molecule is Nc1cc(F)ccc1NC(=O)CCCSc1ccccn1. The van der Waals surface area contributed by atoms with Gasteiger partial charge in [0, 0.05) is 12.6 Å². The number of anilines is 2. The number of pyridine rings is 1. The Kier molecular flexibility index (Phi) is 5.57. The first-order valence-electron chi connectivity index (χ1n) is 6.54. The van der Waals surface area contributed by atoms with Gasteiger partial charge in [-0.3, -0.25) is 4.79 Å². The van der Waals surface area contributed by atoms with E-state index in [1.165, 1.54) is 18.2 Å². The first kappa shape index (κ1) is 15.3. The molecule has 110 valence electrons. The van der Waals surface area contributed by atoms with Crippen LogP contribution in [0.25, 0.3) is 0 Å². The van der Waals surface area contributed by atoms with Crippen LogP contribution in [-0.4, -0.2) is 16.6 Å². The summed E-state index contributed by atoms with van der Waals surface area (Å²) in [6, 6.07) is 9.65. The van der Waals surface area contributed by atoms with Crippen molar-refractivity contribution in [2.45, 2.75) is 17.9 Å². The molecule has 0 saturated heterocycles. The maximum atomic E-state index is 12.9. The van der Waals surface area contributed by atoms with E-state index in [0.29, 0.717) is 12.1 Å². The minimum Gasteiger partial charge on any atom is -0.397 e. The van der Waals surface area contributed by atoms with E-state index >= 15 is 0 Å². The molecule has 0 bridgehead atoms. The molecule has 6 heteroatoms. The average Bonchev–Trinajstić information content (AvgIpc) is 2.48. The highest BCUT2D eigenvalue weighted by Gasteiger charge is 2.06. The van der Waals surface area contributed by atoms with E-state index in [1.54, 1.807) is 18.0 Å². The molecule has 0 fully saturated rings. The van der Waals surface area contributed by atoms with Gasteiger partial charge in [-0.25, -0.2) is 9.37 Å². The zero-order chi connectivity index (χ0) is 15.1. The van der Waals surface area contributed by atoms with Gasteiger partial charge >= 0.3 is 0 Å². The fraction of sp³-hybridized carbons (Fsp3) is 0.200. The Labute approximate surface area is 127 Å². The molecule has 1 heterocycles. The lowest BCUT2D eigenvalue weighted by Gasteiger charge is -2.08. The first-order chi connectivity index (χ1) is 10.1. The molecule has 1 amide bonds. The van der Waals surface area contributed by atoms with E-state index in [4.69, 9.17) is 5.73 Å². The Morgan fingerprint density at radius 3 is 2.90 bits per heavy atom. The maximum absolute atomic E-state index is 12.9. The molecule has 0 saturated carbocycles. The van der Waals surface area contributed by atoms with Crippen LogP contribution in [0, 0.1) is 5.82 Å². The maximum Gasteiger partial charge on any atom is 0.224 e. The van der Waals surface area contributed by atoms with Crippen molar-refractivity contribution in [3.63, 3.8) is 0 Å². The molecule has 0 aliphatic carbocycles. The first-order valence-corrected chi connectivity index (χ1v) is 7.52. The normalized spacial score (nSPS) is 10.3. The summed E-state index contributed by atoms with van der Waals surface area (Å²) in [7, 11) is 0. The summed E-state index contributed by atoms with van der Waals surface area (Å²) in [5.74, 6) is 0.260. The van der Waals surface area contributed by atoms with Crippen LogP contribution < -0.4 is 11.1 Å². The molecule has 0 aliphatic rings. The lowest BCUT2D eigenvalue weighted by atomic mass is 10.2. The van der Waals surface area contributed by atoms with Gasteiger partial charge in [-0.2, -0.15) is 0 Å². The Bertz CT molecular complexity index is 607. The fourth-order valence-corrected chi connectivity index (χ4v) is 2.51. The van der Waals surface area contributed by atoms with Crippen LogP contribution in [0.2, 0.25) is 0 Å². The molecule has 2 rings (SSSR count). The van der Waals surface area contributed by atoms with Crippen molar-refractivity contribution in [3.8, 4) is 0 Å². The van der Waals surface area contributed by atoms with Crippen molar-refractivity contribution in [2.24, 2.45) is 0 Å². The number of nitrogens with two attached hydrogens (primary N) is 1. The van der Waals surface area contributed by atoms with Crippen molar-refractivity contribution in [2.75, 3.05) is 16.8 Å². The topological polar surface area (TPSA) is 68.0 Å². The predicted octanol–water partition coefficient (Wildman–Crippen LogP) is 3.31. The Hall–Kier alpha value is -2.08. The van der Waals surface area contributed by atoms with Gasteiger partial charge in [0.1, 0.15) is 5.82 Å². The third-order valence-corrected chi connectivity index (χ3v) is 3.75. The number of hydrogen-bond acceptors (Lipinski definition) is 4. The number of hydrogen-bond donors (Lipinski definition) is 2. The largest absolute Gasteiger partial charge is 0.397 e. The summed E-state index contributed by atoms with van der Waals surface area (Å²) in [4.78, 5) is 16.0. The van der Waals surface area contributed by atoms with E-state index < -0.39 is 5.82 Å². The van der Waals surface area contributed by atoms with E-state index in [0.717, 1.165) is 17.2 Å². The number of rotatable bonds is 6. The molecule has 4 nitrogen and oxygen atoms in total. The summed E-state index contributed by atoms with van der Waals surface area (Å²) in [5, 5.41) is 3.63. The number of aromatic nitrogens is 1. The Morgan fingerprint density at radius 2 is 2.19 bits per heavy atom. The number of amides is 1. The molecule has 0 unspecified atom stereocenters. The van der Waals surface area contributed by atoms with Crippen molar-refractivity contribution < 1.29 is 9.18 Å². The van der Waals surface area contributed by atoms with Gasteiger partial charge < -0.3 is 11.1 Å². The highest BCUT2D eigenvalue weighted by molar-refractivity contribution is 7.99. The molecule has 0 atom stereocenters. The molecule has 0 radical (unpaired) electrons. The number of carbonyl (C=O) groups is 1. The Morgan fingerprint density at radius 1 is 1.33 bits per heavy atom. The number of thioether (sulfide) groups is 1. The number of nitrogen functional groups attached to an aromatic ring is 1. The fourth-order valence-electron chi connectivity index (χ4n) is 1.70. The summed E-state index contributed by atoms with van der Waals surface area (Å²) >= 11 is 1.61. The van der Waals surface area contributed by atoms with Crippen molar-refractivity contribution >= 4 is 29.0 Å². The van der Waals surface area contributed by atoms with Gasteiger partial charge in [-0.05, 0) is 42.5 Å². The van der Waals surface area contributed by atoms with Crippen LogP contribution in [-0.2, 0) is 4.79 Å². The van der Waals surface area contributed by atoms with E-state index in [1.807, 2.05) is 18.2 Å². The van der Waals surface area contributed by atoms with Crippen LogP contribution in [0.15, 0.2) is 47.6 Å². The zero-order valence-corrected chi connectivity index (χ0v) is 12.2. The monoisotopic (exact) mass is 305 g/mol. The summed E-state index contributed by atoms with van der Waals surface area (Å²) < 4.78 is 12.9. The third kappa shape index (κ3) is 5.07. The number of halogens is 1. The lowest BCUT2D eigenvalue weighted by Crippen LogP contribution is -2.13. The van der Waals surface area contributed by atoms with Crippen LogP contribution in [0.5, 0.6) is 0 Å². The molecular weight excluding hydrogens is 289 g/mol. The molecule has 1 aromatic carbocycles. The van der Waals surface area contributed by atoms with Crippen LogP contribution in [0.1, 0.15) is 12.8 Å². The highest BCUT2D eigenvalue weighted by atomic mass is 32.2. The van der Waals surface area contributed by atoms with Gasteiger partial charge in [-0.1, -0.05) is 6.07 Å². The van der Waals surface area contributed by atoms with Crippen molar-refractivity contribution in [1.82, 2.24) is 4.98 Å². The number of benzene rings is 1. The van der Waals surface area contributed by atoms with Gasteiger partial charge in [0.2, 0.25) is 5.91 Å². The minimum absolute atomic E-state index is 0.130. The minimum atomic E-state index is -0.419. The third-order valence-electron chi connectivity index (χ3n) is 2.72. The van der Waals surface area contributed by atoms with Gasteiger partial charge in [0.05, 0.1) is 16.4 Å². The second-order valence-electron chi connectivity index (χ2n) is 4.40. The molecule has 0 spiro atoms. The molecule has 3 N–H and O–H groups in total. The van der Waals surface area contributed by atoms with Gasteiger partial charge in [0.15, 0.2) is 0 Å². The molecule has 2 aromatic rings. The quantitative estimate of drug-likeness (QED) is 0.488. The standard InChI is InChI=1S/C15H16FN3OS/c16-11-6-7-13(12(17)10-11)19-14(20)4-3-9-21-15-5-1-2-8-18-15/h1-2,5-8,10H,3-4,9,17H2,(H,19,20). The summed E-state index contributed by atoms with van der Waals surface area (Å²) in [6.45, 7) is 0. The number of carbonyl (C=O) groups excluding carboxylic acids is 1. The summed E-state index contributed by atoms with van der Waals surface area (Å²) in [5.41, 5.74) is 6.30. The molecular formula is C15H16FN3OS. The van der Waals surface area contributed by atoms with Gasteiger partial charge in [0.25, 0.3) is 0 Å². The van der Waals surface area contributed by atoms with Crippen LogP contribution in [0.4, 0.5) is 15.8 Å². The second kappa shape index (κ2) is 7.64. The number of nitrogens with zero attached hydrogens (tertiary/aromatic N) is 1. The Balaban J connectivity index is 1.72. The summed E-state index contributed by atoms with van der Waals surface area (Å²) in [6.07, 6.45) is 2.86. The second-order valence-corrected chi connectivity index (χ2v) is 5.51. The van der Waals surface area contributed by atoms with Crippen molar-refractivity contribution in [1.29, 1.82) is 0 Å². The zero-order valence-electron chi connectivity index (χ0n) is 11.4. The number of nitrogens with one attached hydrogen (secondary N) is 1. The molecule has 21 heavy (non-hydrogen) atoms. The highest BCUT2D eigenvalue weighted by Crippen LogP contribution is 2.20. The lowest BCUT2D eigenvalue weighted by molar-refractivity contribution is -0.116. The van der Waals surface area contributed by atoms with Crippen LogP contribution >= 0.6 is 11.8 Å². The molecule has 1 aromatic heterocycles. The van der Waals surface area contributed by atoms with E-state index in [-0.39, 0.29) is 11.6 Å². The average molecular weight is 305 g/mol. The van der Waals surface area contributed by atoms with Crippen LogP contribution in [0.3, 0.4) is 0 Å². The van der Waals surface area contributed by atoms with Crippen molar-refractivity contribution in [3.05, 3.63) is 48.4 Å². The predicted molar refractivity (Wildman–Crippen MR) is 83.6 cm³/mol. The molecule has 0 aliphatic heterocycles.